The first-order valence-electron chi connectivity index (χ1n) is 8.55. The molecule has 0 radical (unpaired) electrons. The van der Waals surface area contributed by atoms with Crippen LogP contribution in [0.4, 0.5) is 0 Å². The van der Waals surface area contributed by atoms with Gasteiger partial charge in [-0.25, -0.2) is 9.59 Å². The molecule has 2 heterocycles. The van der Waals surface area contributed by atoms with E-state index in [0.29, 0.717) is 11.3 Å². The molecular weight excluding hydrogens is 364 g/mol. The van der Waals surface area contributed by atoms with Crippen LogP contribution in [-0.4, -0.2) is 30.1 Å². The molecule has 2 aromatic rings. The number of hydrogen-bond acceptors (Lipinski definition) is 7. The Morgan fingerprint density at radius 3 is 2.57 bits per heavy atom. The van der Waals surface area contributed by atoms with Crippen LogP contribution < -0.4 is 20.9 Å². The number of ether oxygens (including phenoxy) is 3. The van der Waals surface area contributed by atoms with Gasteiger partial charge < -0.3 is 19.2 Å². The number of carbonyl (C=O) groups is 2. The van der Waals surface area contributed by atoms with E-state index in [-0.39, 0.29) is 35.1 Å². The molecule has 28 heavy (non-hydrogen) atoms. The Morgan fingerprint density at radius 1 is 1.18 bits per heavy atom. The number of carbonyl (C=O) groups excluding carboxylic acids is 2. The first kappa shape index (κ1) is 18.9. The van der Waals surface area contributed by atoms with Gasteiger partial charge in [-0.1, -0.05) is 18.2 Å². The molecule has 0 saturated heterocycles. The van der Waals surface area contributed by atoms with Crippen molar-refractivity contribution < 1.29 is 23.8 Å². The molecule has 1 aliphatic rings. The molecule has 0 aliphatic carbocycles. The van der Waals surface area contributed by atoms with Gasteiger partial charge in [0.2, 0.25) is 0 Å². The van der Waals surface area contributed by atoms with E-state index in [2.05, 4.69) is 4.98 Å². The number of aromatic nitrogens is 1. The van der Waals surface area contributed by atoms with Gasteiger partial charge >= 0.3 is 11.9 Å². The van der Waals surface area contributed by atoms with Crippen molar-refractivity contribution in [2.24, 2.45) is 0 Å². The van der Waals surface area contributed by atoms with E-state index >= 15 is 0 Å². The van der Waals surface area contributed by atoms with Crippen LogP contribution in [0, 0.1) is 11.3 Å². The lowest BCUT2D eigenvalue weighted by molar-refractivity contribution is -0.136. The molecule has 1 aromatic carbocycles. The number of esters is 2. The van der Waals surface area contributed by atoms with E-state index in [4.69, 9.17) is 14.2 Å². The standard InChI is InChI=1S/C20H16N2O6/c1-3-26-19(24)13(10-21)16-12-9-11-7-5-6-8-14(11)28-17(12)15(18(23)22-16)20(25)27-4-2/h5-9H,3-4H2,1-2H3,(H,22,23)/b16-13+. The largest absolute Gasteiger partial charge is 0.462 e. The normalized spacial score (nSPS) is 12.3. The van der Waals surface area contributed by atoms with Gasteiger partial charge in [0.15, 0.2) is 16.9 Å². The van der Waals surface area contributed by atoms with Crippen molar-refractivity contribution in [1.29, 1.82) is 5.26 Å². The smallest absolute Gasteiger partial charge is 0.351 e. The van der Waals surface area contributed by atoms with Crippen molar-refractivity contribution in [2.45, 2.75) is 13.8 Å². The Labute approximate surface area is 159 Å². The molecule has 1 N–H and O–H groups in total. The Balaban J connectivity index is 2.46. The molecular formula is C20H16N2O6. The van der Waals surface area contributed by atoms with Crippen molar-refractivity contribution in [3.63, 3.8) is 0 Å². The van der Waals surface area contributed by atoms with Crippen LogP contribution in [0.5, 0.6) is 11.5 Å². The first-order chi connectivity index (χ1) is 13.5. The van der Waals surface area contributed by atoms with Gasteiger partial charge in [-0.15, -0.1) is 0 Å². The monoisotopic (exact) mass is 380 g/mol. The number of para-hydroxylation sites is 1. The fourth-order valence-corrected chi connectivity index (χ4v) is 2.79. The summed E-state index contributed by atoms with van der Waals surface area (Å²) in [5, 5.41) is 9.60. The third kappa shape index (κ3) is 3.25. The molecule has 0 saturated carbocycles. The first-order valence-corrected chi connectivity index (χ1v) is 8.55. The van der Waals surface area contributed by atoms with Crippen molar-refractivity contribution in [3.05, 3.63) is 56.3 Å². The number of H-pyrrole nitrogens is 1. The molecule has 3 rings (SSSR count). The summed E-state index contributed by atoms with van der Waals surface area (Å²) in [7, 11) is 0. The number of rotatable bonds is 4. The number of pyridine rings is 1. The summed E-state index contributed by atoms with van der Waals surface area (Å²) in [4.78, 5) is 39.6. The molecule has 1 aliphatic heterocycles. The second-order valence-corrected chi connectivity index (χ2v) is 5.66. The maximum absolute atomic E-state index is 12.6. The number of nitrogens with zero attached hydrogens (tertiary/aromatic N) is 1. The van der Waals surface area contributed by atoms with Gasteiger partial charge in [-0.3, -0.25) is 4.79 Å². The van der Waals surface area contributed by atoms with Gasteiger partial charge in [0.25, 0.3) is 5.56 Å². The summed E-state index contributed by atoms with van der Waals surface area (Å²) in [5.41, 5.74) is -0.923. The van der Waals surface area contributed by atoms with Gasteiger partial charge in [0.1, 0.15) is 11.8 Å². The number of nitriles is 1. The summed E-state index contributed by atoms with van der Waals surface area (Å²) >= 11 is 0. The molecule has 0 unspecified atom stereocenters. The van der Waals surface area contributed by atoms with Crippen LogP contribution in [0.1, 0.15) is 29.8 Å². The fraction of sp³-hybridized carbons (Fsp3) is 0.200. The van der Waals surface area contributed by atoms with E-state index < -0.39 is 23.1 Å². The summed E-state index contributed by atoms with van der Waals surface area (Å²) in [6.07, 6.45) is 1.62. The summed E-state index contributed by atoms with van der Waals surface area (Å²) in [5.74, 6) is -1.41. The Kier molecular flexibility index (Phi) is 5.27. The topological polar surface area (TPSA) is 118 Å². The maximum atomic E-state index is 12.6. The minimum absolute atomic E-state index is 0.0559. The maximum Gasteiger partial charge on any atom is 0.351 e. The molecule has 1 aromatic heterocycles. The third-order valence-corrected chi connectivity index (χ3v) is 3.96. The highest BCUT2D eigenvalue weighted by Gasteiger charge is 2.26. The number of aromatic amines is 1. The second kappa shape index (κ2) is 7.80. The van der Waals surface area contributed by atoms with Crippen molar-refractivity contribution >= 4 is 23.6 Å². The highest BCUT2D eigenvalue weighted by molar-refractivity contribution is 6.15. The second-order valence-electron chi connectivity index (χ2n) is 5.66. The number of hydrogen-bond donors (Lipinski definition) is 1. The van der Waals surface area contributed by atoms with Crippen LogP contribution in [0.15, 0.2) is 29.1 Å². The molecule has 0 bridgehead atoms. The number of fused-ring (bicyclic) bond motifs is 2. The Morgan fingerprint density at radius 2 is 1.89 bits per heavy atom. The number of benzene rings is 1. The van der Waals surface area contributed by atoms with E-state index in [1.165, 1.54) is 0 Å². The van der Waals surface area contributed by atoms with E-state index in [0.717, 1.165) is 0 Å². The Hall–Kier alpha value is -3.86. The molecule has 0 amide bonds. The highest BCUT2D eigenvalue weighted by atomic mass is 16.5. The van der Waals surface area contributed by atoms with Crippen LogP contribution >= 0.6 is 0 Å². The summed E-state index contributed by atoms with van der Waals surface area (Å²) in [6, 6.07) is 8.70. The van der Waals surface area contributed by atoms with Gasteiger partial charge in [0, 0.05) is 10.8 Å². The van der Waals surface area contributed by atoms with Crippen LogP contribution in [-0.2, 0) is 14.3 Å². The van der Waals surface area contributed by atoms with Crippen molar-refractivity contribution in [2.75, 3.05) is 13.2 Å². The Bertz CT molecular complexity index is 1190. The molecule has 8 nitrogen and oxygen atoms in total. The van der Waals surface area contributed by atoms with Gasteiger partial charge in [0.05, 0.1) is 18.6 Å². The summed E-state index contributed by atoms with van der Waals surface area (Å²) in [6.45, 7) is 3.33. The van der Waals surface area contributed by atoms with Gasteiger partial charge in [-0.2, -0.15) is 5.26 Å². The quantitative estimate of drug-likeness (QED) is 0.663. The zero-order chi connectivity index (χ0) is 20.3. The van der Waals surface area contributed by atoms with E-state index in [9.17, 15) is 19.6 Å². The number of nitrogens with one attached hydrogen (secondary N) is 1. The predicted octanol–water partition coefficient (Wildman–Crippen LogP) is 0.723. The van der Waals surface area contributed by atoms with E-state index in [1.807, 2.05) is 0 Å². The van der Waals surface area contributed by atoms with Gasteiger partial charge in [-0.05, 0) is 26.0 Å². The zero-order valence-electron chi connectivity index (χ0n) is 15.2. The van der Waals surface area contributed by atoms with Crippen molar-refractivity contribution in [3.8, 4) is 17.6 Å². The lowest BCUT2D eigenvalue weighted by Crippen LogP contribution is -2.42. The average Bonchev–Trinajstić information content (AvgIpc) is 2.67. The average molecular weight is 380 g/mol. The van der Waals surface area contributed by atoms with Crippen LogP contribution in [0.25, 0.3) is 11.6 Å². The minimum Gasteiger partial charge on any atom is -0.462 e. The van der Waals surface area contributed by atoms with E-state index in [1.54, 1.807) is 50.3 Å². The SMILES string of the molecule is CCOC(=O)/C(C#N)=c1/[nH]c(=O)c(C(=O)OCC)c2c1=Cc1ccccc1O2. The van der Waals surface area contributed by atoms with Crippen molar-refractivity contribution in [1.82, 2.24) is 4.98 Å². The fourth-order valence-electron chi connectivity index (χ4n) is 2.79. The molecule has 0 spiro atoms. The predicted molar refractivity (Wildman–Crippen MR) is 98.0 cm³/mol. The summed E-state index contributed by atoms with van der Waals surface area (Å²) < 4.78 is 15.7. The minimum atomic E-state index is -0.890. The lowest BCUT2D eigenvalue weighted by atomic mass is 10.1. The highest BCUT2D eigenvalue weighted by Crippen LogP contribution is 2.28. The molecule has 0 atom stereocenters. The molecule has 142 valence electrons. The zero-order valence-corrected chi connectivity index (χ0v) is 15.2. The molecule has 0 fully saturated rings. The lowest BCUT2D eigenvalue weighted by Gasteiger charge is -2.17. The third-order valence-electron chi connectivity index (χ3n) is 3.96. The van der Waals surface area contributed by atoms with Crippen LogP contribution in [0.3, 0.4) is 0 Å². The van der Waals surface area contributed by atoms with Crippen LogP contribution in [0.2, 0.25) is 0 Å². The molecule has 8 heteroatoms.